The van der Waals surface area contributed by atoms with Gasteiger partial charge in [-0.2, -0.15) is 0 Å². The topological polar surface area (TPSA) is 77.6 Å². The SMILES string of the molecule is c1ccc(-c2ccc(-c3nc(-c4ccccc4)nc(-c4ccc5oc6c(-c7nc(-c8ccccc8)c8sc9ccccc9c8n7)cccc6c5c4)n3)cc2)cc1. The summed E-state index contributed by atoms with van der Waals surface area (Å²) in [6.07, 6.45) is 0. The van der Waals surface area contributed by atoms with E-state index in [1.165, 1.54) is 4.70 Å². The highest BCUT2D eigenvalue weighted by Gasteiger charge is 2.21. The molecule has 0 amide bonds. The van der Waals surface area contributed by atoms with Gasteiger partial charge in [-0.3, -0.25) is 0 Å². The van der Waals surface area contributed by atoms with Crippen LogP contribution < -0.4 is 0 Å². The van der Waals surface area contributed by atoms with Crippen LogP contribution in [0.5, 0.6) is 0 Å². The van der Waals surface area contributed by atoms with Gasteiger partial charge in [0, 0.05) is 43.1 Å². The van der Waals surface area contributed by atoms with E-state index in [-0.39, 0.29) is 0 Å². The Kier molecular flexibility index (Phi) is 7.57. The zero-order valence-electron chi connectivity index (χ0n) is 29.8. The molecule has 0 aliphatic heterocycles. The van der Waals surface area contributed by atoms with Crippen LogP contribution in [0, 0.1) is 0 Å². The lowest BCUT2D eigenvalue weighted by Gasteiger charge is -2.09. The first-order chi connectivity index (χ1) is 27.7. The Labute approximate surface area is 325 Å². The minimum Gasteiger partial charge on any atom is -0.455 e. The van der Waals surface area contributed by atoms with Crippen molar-refractivity contribution in [3.8, 4) is 67.9 Å². The van der Waals surface area contributed by atoms with Crippen molar-refractivity contribution in [2.45, 2.75) is 0 Å². The lowest BCUT2D eigenvalue weighted by molar-refractivity contribution is 0.669. The van der Waals surface area contributed by atoms with Crippen LogP contribution in [0.4, 0.5) is 0 Å². The van der Waals surface area contributed by atoms with Crippen molar-refractivity contribution in [3.05, 3.63) is 176 Å². The number of hydrogen-bond acceptors (Lipinski definition) is 7. The zero-order valence-corrected chi connectivity index (χ0v) is 30.6. The van der Waals surface area contributed by atoms with Gasteiger partial charge in [0.2, 0.25) is 0 Å². The molecule has 0 unspecified atom stereocenters. The smallest absolute Gasteiger partial charge is 0.164 e. The molecule has 0 radical (unpaired) electrons. The van der Waals surface area contributed by atoms with Gasteiger partial charge in [0.1, 0.15) is 11.2 Å². The first kappa shape index (κ1) is 32.1. The van der Waals surface area contributed by atoms with Crippen molar-refractivity contribution in [3.63, 3.8) is 0 Å². The average molecular weight is 736 g/mol. The van der Waals surface area contributed by atoms with Gasteiger partial charge < -0.3 is 4.42 Å². The van der Waals surface area contributed by atoms with Gasteiger partial charge >= 0.3 is 0 Å². The fraction of sp³-hybridized carbons (Fsp3) is 0. The van der Waals surface area contributed by atoms with Gasteiger partial charge in [0.15, 0.2) is 23.3 Å². The lowest BCUT2D eigenvalue weighted by atomic mass is 10.0. The second-order valence-corrected chi connectivity index (χ2v) is 14.7. The molecule has 0 saturated carbocycles. The normalized spacial score (nSPS) is 11.6. The largest absolute Gasteiger partial charge is 0.455 e. The van der Waals surface area contributed by atoms with E-state index in [1.54, 1.807) is 11.3 Å². The Balaban J connectivity index is 1.05. The number of hydrogen-bond donors (Lipinski definition) is 0. The summed E-state index contributed by atoms with van der Waals surface area (Å²) in [6.45, 7) is 0. The Morgan fingerprint density at radius 2 is 0.929 bits per heavy atom. The number of furan rings is 1. The number of benzene rings is 7. The van der Waals surface area contributed by atoms with Crippen LogP contribution in [0.1, 0.15) is 0 Å². The minimum absolute atomic E-state index is 0.582. The Morgan fingerprint density at radius 3 is 1.66 bits per heavy atom. The number of para-hydroxylation sites is 1. The molecule has 11 rings (SSSR count). The molecule has 4 heterocycles. The molecule has 0 spiro atoms. The molecule has 0 bridgehead atoms. The summed E-state index contributed by atoms with van der Waals surface area (Å²) in [7, 11) is 0. The molecule has 7 aromatic carbocycles. The first-order valence-corrected chi connectivity index (χ1v) is 19.2. The zero-order chi connectivity index (χ0) is 37.0. The van der Waals surface area contributed by atoms with Crippen LogP contribution >= 0.6 is 11.3 Å². The summed E-state index contributed by atoms with van der Waals surface area (Å²) in [6, 6.07) is 59.9. The highest BCUT2D eigenvalue weighted by atomic mass is 32.1. The van der Waals surface area contributed by atoms with E-state index >= 15 is 0 Å². The number of fused-ring (bicyclic) bond motifs is 6. The maximum Gasteiger partial charge on any atom is 0.164 e. The van der Waals surface area contributed by atoms with E-state index in [4.69, 9.17) is 29.3 Å². The van der Waals surface area contributed by atoms with Crippen LogP contribution in [-0.2, 0) is 0 Å². The maximum absolute atomic E-state index is 6.66. The molecule has 56 heavy (non-hydrogen) atoms. The van der Waals surface area contributed by atoms with Crippen LogP contribution in [0.3, 0.4) is 0 Å². The number of aromatic nitrogens is 5. The molecule has 262 valence electrons. The fourth-order valence-electron chi connectivity index (χ4n) is 7.41. The molecule has 4 aromatic heterocycles. The molecule has 0 aliphatic rings. The highest BCUT2D eigenvalue weighted by Crippen LogP contribution is 2.42. The Morgan fingerprint density at radius 1 is 0.375 bits per heavy atom. The molecular formula is C49H29N5OS. The average Bonchev–Trinajstić information content (AvgIpc) is 3.85. The second-order valence-electron chi connectivity index (χ2n) is 13.6. The van der Waals surface area contributed by atoms with Crippen molar-refractivity contribution in [2.24, 2.45) is 0 Å². The standard InChI is InChI=1S/C49H29N5OS/c1-4-13-30(14-5-1)31-23-25-34(26-24-31)47-52-46(33-17-8-3-9-18-33)53-48(54-47)35-27-28-40-39(29-35)36-20-12-21-38(44(36)55-40)49-50-42(32-15-6-2-7-16-32)45-43(51-49)37-19-10-11-22-41(37)56-45/h1-29H. The fourth-order valence-corrected chi connectivity index (χ4v) is 8.56. The van der Waals surface area contributed by atoms with Crippen molar-refractivity contribution in [1.29, 1.82) is 0 Å². The molecule has 0 saturated heterocycles. The molecule has 7 heteroatoms. The molecule has 6 nitrogen and oxygen atoms in total. The third-order valence-electron chi connectivity index (χ3n) is 10.2. The van der Waals surface area contributed by atoms with Crippen LogP contribution in [0.15, 0.2) is 180 Å². The molecule has 0 atom stereocenters. The summed E-state index contributed by atoms with van der Waals surface area (Å²) < 4.78 is 8.91. The van der Waals surface area contributed by atoms with Gasteiger partial charge in [-0.25, -0.2) is 24.9 Å². The van der Waals surface area contributed by atoms with Crippen LogP contribution in [0.25, 0.3) is 110 Å². The number of thiophene rings is 1. The quantitative estimate of drug-likeness (QED) is 0.169. The van der Waals surface area contributed by atoms with E-state index in [2.05, 4.69) is 103 Å². The summed E-state index contributed by atoms with van der Waals surface area (Å²) in [5, 5.41) is 3.04. The molecule has 0 aliphatic carbocycles. The third-order valence-corrected chi connectivity index (χ3v) is 11.3. The maximum atomic E-state index is 6.66. The Hall–Kier alpha value is -7.35. The molecule has 0 N–H and O–H groups in total. The summed E-state index contributed by atoms with van der Waals surface area (Å²) in [4.78, 5) is 25.5. The van der Waals surface area contributed by atoms with E-state index in [0.29, 0.717) is 23.3 Å². The number of rotatable bonds is 6. The Bertz CT molecular complexity index is 3230. The summed E-state index contributed by atoms with van der Waals surface area (Å²) in [5.41, 5.74) is 10.2. The second kappa shape index (κ2) is 13.2. The van der Waals surface area contributed by atoms with Crippen molar-refractivity contribution in [2.75, 3.05) is 0 Å². The molecule has 0 fully saturated rings. The summed E-state index contributed by atoms with van der Waals surface area (Å²) >= 11 is 1.73. The van der Waals surface area contributed by atoms with E-state index in [0.717, 1.165) is 82.2 Å². The number of nitrogens with zero attached hydrogens (tertiary/aromatic N) is 5. The van der Waals surface area contributed by atoms with Crippen molar-refractivity contribution >= 4 is 53.6 Å². The van der Waals surface area contributed by atoms with Gasteiger partial charge in [0.05, 0.1) is 21.5 Å². The van der Waals surface area contributed by atoms with Gasteiger partial charge in [-0.05, 0) is 41.5 Å². The van der Waals surface area contributed by atoms with Crippen LogP contribution in [-0.4, -0.2) is 24.9 Å². The van der Waals surface area contributed by atoms with E-state index in [1.807, 2.05) is 72.8 Å². The van der Waals surface area contributed by atoms with Gasteiger partial charge in [0.25, 0.3) is 0 Å². The highest BCUT2D eigenvalue weighted by molar-refractivity contribution is 7.26. The predicted molar refractivity (Wildman–Crippen MR) is 228 cm³/mol. The van der Waals surface area contributed by atoms with Crippen molar-refractivity contribution < 1.29 is 4.42 Å². The first-order valence-electron chi connectivity index (χ1n) is 18.4. The molecule has 11 aromatic rings. The predicted octanol–water partition coefficient (Wildman–Crippen LogP) is 12.9. The van der Waals surface area contributed by atoms with E-state index < -0.39 is 0 Å². The van der Waals surface area contributed by atoms with Gasteiger partial charge in [-0.1, -0.05) is 146 Å². The van der Waals surface area contributed by atoms with E-state index in [9.17, 15) is 0 Å². The lowest BCUT2D eigenvalue weighted by Crippen LogP contribution is -2.00. The summed E-state index contributed by atoms with van der Waals surface area (Å²) in [5.74, 6) is 2.42. The van der Waals surface area contributed by atoms with Crippen molar-refractivity contribution in [1.82, 2.24) is 24.9 Å². The van der Waals surface area contributed by atoms with Crippen LogP contribution in [0.2, 0.25) is 0 Å². The van der Waals surface area contributed by atoms with Gasteiger partial charge in [-0.15, -0.1) is 11.3 Å². The monoisotopic (exact) mass is 735 g/mol. The minimum atomic E-state index is 0.582. The molecular weight excluding hydrogens is 707 g/mol. The third kappa shape index (κ3) is 5.52.